The van der Waals surface area contributed by atoms with Gasteiger partial charge in [-0.15, -0.1) is 0 Å². The van der Waals surface area contributed by atoms with Gasteiger partial charge in [-0.2, -0.15) is 0 Å². The summed E-state index contributed by atoms with van der Waals surface area (Å²) in [5, 5.41) is 14.8. The summed E-state index contributed by atoms with van der Waals surface area (Å²) in [7, 11) is 1.72. The van der Waals surface area contributed by atoms with E-state index in [1.807, 2.05) is 49.1 Å². The van der Waals surface area contributed by atoms with Crippen LogP contribution in [0.15, 0.2) is 77.6 Å². The number of hydrogen-bond donors (Lipinski definition) is 4. The Morgan fingerprint density at radius 1 is 0.851 bits per heavy atom. The van der Waals surface area contributed by atoms with Gasteiger partial charge < -0.3 is 25.8 Å². The van der Waals surface area contributed by atoms with Crippen molar-refractivity contribution >= 4 is 51.1 Å². The second-order valence-corrected chi connectivity index (χ2v) is 19.2. The monoisotopic (exact) mass is 904 g/mol. The summed E-state index contributed by atoms with van der Waals surface area (Å²) in [5.41, 5.74) is 7.03. The van der Waals surface area contributed by atoms with Crippen LogP contribution in [-0.4, -0.2) is 94.4 Å². The number of nitrogens with zero attached hydrogens (tertiary/aromatic N) is 4. The number of hydrogen-bond acceptors (Lipinski definition) is 8. The zero-order chi connectivity index (χ0) is 46.6. The third kappa shape index (κ3) is 10.2. The lowest BCUT2D eigenvalue weighted by Gasteiger charge is -2.32. The van der Waals surface area contributed by atoms with Crippen molar-refractivity contribution in [2.75, 3.05) is 51.1 Å². The SMILES string of the molecule is Cc1ccc(N[C@@H]2CCNC2)cc1C(=O)NC(C)c1ccc(C#CC2CCN(CCCCC(=O)N3CCC(c4ccc5c(c4)n(C)c(=O)n5C4CCC(=O)NC4=O)CC3)CC2)c2ccccc12. The lowest BCUT2D eigenvalue weighted by molar-refractivity contribution is -0.136. The van der Waals surface area contributed by atoms with Crippen LogP contribution in [0.5, 0.6) is 0 Å². The molecule has 4 amide bonds. The van der Waals surface area contributed by atoms with Gasteiger partial charge in [0.15, 0.2) is 0 Å². The van der Waals surface area contributed by atoms with Crippen LogP contribution in [0.4, 0.5) is 5.69 Å². The van der Waals surface area contributed by atoms with Crippen LogP contribution in [0.25, 0.3) is 21.8 Å². The minimum atomic E-state index is -0.703. The molecule has 0 radical (unpaired) electrons. The summed E-state index contributed by atoms with van der Waals surface area (Å²) in [6, 6.07) is 24.1. The molecule has 3 atom stereocenters. The quantitative estimate of drug-likeness (QED) is 0.0616. The third-order valence-electron chi connectivity index (χ3n) is 14.8. The summed E-state index contributed by atoms with van der Waals surface area (Å²) in [6.07, 6.45) is 7.81. The minimum absolute atomic E-state index is 0.0778. The van der Waals surface area contributed by atoms with E-state index < -0.39 is 11.9 Å². The summed E-state index contributed by atoms with van der Waals surface area (Å²) in [6.45, 7) is 10.4. The third-order valence-corrected chi connectivity index (χ3v) is 14.8. The molecule has 4 fully saturated rings. The van der Waals surface area contributed by atoms with Gasteiger partial charge in [-0.25, -0.2) is 4.79 Å². The molecule has 1 aromatic heterocycles. The second-order valence-electron chi connectivity index (χ2n) is 19.2. The van der Waals surface area contributed by atoms with Crippen molar-refractivity contribution < 1.29 is 19.2 Å². The number of anilines is 1. The predicted molar refractivity (Wildman–Crippen MR) is 263 cm³/mol. The zero-order valence-corrected chi connectivity index (χ0v) is 39.2. The summed E-state index contributed by atoms with van der Waals surface area (Å²) in [5.74, 6) is 7.18. The number of nitrogens with one attached hydrogen (secondary N) is 4. The molecule has 4 N–H and O–H groups in total. The number of carbonyl (C=O) groups is 4. The maximum absolute atomic E-state index is 13.6. The van der Waals surface area contributed by atoms with Crippen LogP contribution in [-0.2, 0) is 21.4 Å². The number of carbonyl (C=O) groups excluding carboxylic acids is 4. The fourth-order valence-corrected chi connectivity index (χ4v) is 10.7. The number of benzene rings is 4. The van der Waals surface area contributed by atoms with E-state index in [1.165, 1.54) is 4.57 Å². The number of likely N-dealkylation sites (tertiary alicyclic amines) is 2. The topological polar surface area (TPSA) is 150 Å². The van der Waals surface area contributed by atoms with Gasteiger partial charge in [-0.1, -0.05) is 54.3 Å². The number of fused-ring (bicyclic) bond motifs is 2. The van der Waals surface area contributed by atoms with Crippen molar-refractivity contribution in [1.82, 2.24) is 34.9 Å². The van der Waals surface area contributed by atoms with Crippen LogP contribution in [0.3, 0.4) is 0 Å². The molecular formula is C54H64N8O5. The predicted octanol–water partition coefficient (Wildman–Crippen LogP) is 6.68. The van der Waals surface area contributed by atoms with E-state index in [-0.39, 0.29) is 41.8 Å². The van der Waals surface area contributed by atoms with E-state index in [2.05, 4.69) is 80.5 Å². The Bertz CT molecular complexity index is 2800. The molecule has 4 aliphatic rings. The number of aromatic nitrogens is 2. The van der Waals surface area contributed by atoms with Crippen molar-refractivity contribution in [2.24, 2.45) is 13.0 Å². The molecule has 5 heterocycles. The molecule has 13 heteroatoms. The lowest BCUT2D eigenvalue weighted by atomic mass is 9.89. The van der Waals surface area contributed by atoms with Crippen LogP contribution < -0.4 is 27.0 Å². The van der Waals surface area contributed by atoms with Crippen LogP contribution >= 0.6 is 0 Å². The van der Waals surface area contributed by atoms with E-state index in [9.17, 15) is 24.0 Å². The molecule has 0 saturated carbocycles. The lowest BCUT2D eigenvalue weighted by Crippen LogP contribution is -2.44. The van der Waals surface area contributed by atoms with Crippen LogP contribution in [0.1, 0.15) is 122 Å². The van der Waals surface area contributed by atoms with E-state index >= 15 is 0 Å². The van der Waals surface area contributed by atoms with Gasteiger partial charge in [0.2, 0.25) is 17.7 Å². The molecule has 0 aliphatic carbocycles. The van der Waals surface area contributed by atoms with Gasteiger partial charge >= 0.3 is 5.69 Å². The Morgan fingerprint density at radius 2 is 1.64 bits per heavy atom. The van der Waals surface area contributed by atoms with Crippen molar-refractivity contribution in [3.63, 3.8) is 0 Å². The Morgan fingerprint density at radius 3 is 2.40 bits per heavy atom. The summed E-state index contributed by atoms with van der Waals surface area (Å²) in [4.78, 5) is 69.0. The molecular weight excluding hydrogens is 841 g/mol. The molecule has 67 heavy (non-hydrogen) atoms. The minimum Gasteiger partial charge on any atom is -0.381 e. The van der Waals surface area contributed by atoms with Crippen molar-refractivity contribution in [3.05, 3.63) is 111 Å². The van der Waals surface area contributed by atoms with Gasteiger partial charge in [0.25, 0.3) is 5.91 Å². The largest absolute Gasteiger partial charge is 0.381 e. The summed E-state index contributed by atoms with van der Waals surface area (Å²) >= 11 is 0. The Labute approximate surface area is 393 Å². The highest BCUT2D eigenvalue weighted by atomic mass is 16.2. The first kappa shape index (κ1) is 45.9. The van der Waals surface area contributed by atoms with Gasteiger partial charge in [0, 0.05) is 68.3 Å². The average molecular weight is 905 g/mol. The molecule has 9 rings (SSSR count). The fraction of sp³-hybridized carbons (Fsp3) is 0.463. The van der Waals surface area contributed by atoms with E-state index in [0.717, 1.165) is 135 Å². The Kier molecular flexibility index (Phi) is 13.9. The molecule has 0 spiro atoms. The smallest absolute Gasteiger partial charge is 0.329 e. The van der Waals surface area contributed by atoms with Gasteiger partial charge in [-0.3, -0.25) is 33.6 Å². The number of piperidine rings is 3. The average Bonchev–Trinajstić information content (AvgIpc) is 3.95. The Hall–Kier alpha value is -6.23. The number of amides is 4. The summed E-state index contributed by atoms with van der Waals surface area (Å²) < 4.78 is 3.10. The van der Waals surface area contributed by atoms with Gasteiger partial charge in [-0.05, 0) is 155 Å². The fourth-order valence-electron chi connectivity index (χ4n) is 10.7. The number of aryl methyl sites for hydroxylation is 2. The van der Waals surface area contributed by atoms with E-state index in [1.54, 1.807) is 11.6 Å². The van der Waals surface area contributed by atoms with Gasteiger partial charge in [0.1, 0.15) is 6.04 Å². The second kappa shape index (κ2) is 20.3. The normalized spacial score (nSPS) is 20.1. The van der Waals surface area contributed by atoms with E-state index in [4.69, 9.17) is 0 Å². The Balaban J connectivity index is 0.714. The molecule has 4 saturated heterocycles. The molecule has 4 aromatic carbocycles. The van der Waals surface area contributed by atoms with Crippen molar-refractivity contribution in [2.45, 2.75) is 102 Å². The van der Waals surface area contributed by atoms with E-state index in [0.29, 0.717) is 35.9 Å². The number of rotatable bonds is 12. The highest BCUT2D eigenvalue weighted by molar-refractivity contribution is 6.00. The van der Waals surface area contributed by atoms with Gasteiger partial charge in [0.05, 0.1) is 17.1 Å². The molecule has 0 bridgehead atoms. The first-order chi connectivity index (χ1) is 32.5. The number of imidazole rings is 1. The highest BCUT2D eigenvalue weighted by Gasteiger charge is 2.32. The maximum Gasteiger partial charge on any atom is 0.329 e. The zero-order valence-electron chi connectivity index (χ0n) is 39.2. The molecule has 350 valence electrons. The van der Waals surface area contributed by atoms with Crippen molar-refractivity contribution in [1.29, 1.82) is 0 Å². The maximum atomic E-state index is 13.6. The molecule has 13 nitrogen and oxygen atoms in total. The molecule has 5 aromatic rings. The van der Waals surface area contributed by atoms with Crippen molar-refractivity contribution in [3.8, 4) is 11.8 Å². The molecule has 4 aliphatic heterocycles. The number of unbranched alkanes of at least 4 members (excludes halogenated alkanes) is 1. The first-order valence-corrected chi connectivity index (χ1v) is 24.5. The molecule has 2 unspecified atom stereocenters. The standard InChI is InChI=1S/C54H64N8O5/c1-35-11-16-41(57-42-21-26-55-34-42)33-46(35)52(65)56-36(2)43-17-14-39(44-8-4-5-9-45(43)44)13-12-37-22-28-60(29-23-37)27-7-6-10-51(64)61-30-24-38(25-31-61)40-15-18-47-49(32-40)59(3)54(67)62(47)48-19-20-50(63)58-53(48)66/h4-5,8-9,11,14-18,32-33,36-38,42,48,55,57H,6-7,10,19-31,34H2,1-3H3,(H,56,65)(H,58,63,66)/t36?,42-,48?/m1/s1. The van der Waals surface area contributed by atoms with Crippen LogP contribution in [0, 0.1) is 24.7 Å². The van der Waals surface area contributed by atoms with Crippen LogP contribution in [0.2, 0.25) is 0 Å². The number of imide groups is 1. The highest BCUT2D eigenvalue weighted by Crippen LogP contribution is 2.33. The first-order valence-electron chi connectivity index (χ1n) is 24.5.